The predicted molar refractivity (Wildman–Crippen MR) is 114 cm³/mol. The standard InChI is InChI=1S/C24H20F4N2O2/c1-15(16-7-3-2-4-8-16)13-22(31)30-21-12-11-17(14-19(21)24(26,27)28)29-23(32)18-9-5-6-10-20(18)25/h2-12,14-15H,13H2,1H3,(H,29,32)(H,30,31). The zero-order valence-electron chi connectivity index (χ0n) is 17.0. The molecule has 3 aromatic rings. The third-order valence-electron chi connectivity index (χ3n) is 4.84. The molecular weight excluding hydrogens is 424 g/mol. The average Bonchev–Trinajstić information content (AvgIpc) is 2.75. The highest BCUT2D eigenvalue weighted by Gasteiger charge is 2.34. The molecule has 1 atom stereocenters. The maximum atomic E-state index is 13.8. The maximum absolute atomic E-state index is 13.8. The molecule has 0 heterocycles. The molecule has 0 fully saturated rings. The van der Waals surface area contributed by atoms with Crippen molar-refractivity contribution in [2.24, 2.45) is 0 Å². The quantitative estimate of drug-likeness (QED) is 0.443. The molecule has 2 N–H and O–H groups in total. The molecular formula is C24H20F4N2O2. The fourth-order valence-electron chi connectivity index (χ4n) is 3.19. The summed E-state index contributed by atoms with van der Waals surface area (Å²) in [6.45, 7) is 1.81. The molecule has 8 heteroatoms. The number of alkyl halides is 3. The van der Waals surface area contributed by atoms with Crippen molar-refractivity contribution in [2.45, 2.75) is 25.4 Å². The van der Waals surface area contributed by atoms with Gasteiger partial charge in [-0.25, -0.2) is 4.39 Å². The first-order valence-electron chi connectivity index (χ1n) is 9.77. The van der Waals surface area contributed by atoms with Gasteiger partial charge in [-0.05, 0) is 41.8 Å². The SMILES string of the molecule is CC(CC(=O)Nc1ccc(NC(=O)c2ccccc2F)cc1C(F)(F)F)c1ccccc1. The van der Waals surface area contributed by atoms with Crippen LogP contribution in [-0.4, -0.2) is 11.8 Å². The summed E-state index contributed by atoms with van der Waals surface area (Å²) in [5, 5.41) is 4.56. The minimum Gasteiger partial charge on any atom is -0.325 e. The number of hydrogen-bond donors (Lipinski definition) is 2. The second-order valence-corrected chi connectivity index (χ2v) is 7.26. The number of nitrogens with one attached hydrogen (secondary N) is 2. The molecule has 0 spiro atoms. The zero-order valence-corrected chi connectivity index (χ0v) is 17.0. The Hall–Kier alpha value is -3.68. The van der Waals surface area contributed by atoms with Crippen LogP contribution >= 0.6 is 0 Å². The first-order valence-corrected chi connectivity index (χ1v) is 9.77. The van der Waals surface area contributed by atoms with Crippen LogP contribution in [0.1, 0.15) is 40.7 Å². The van der Waals surface area contributed by atoms with Gasteiger partial charge < -0.3 is 10.6 Å². The lowest BCUT2D eigenvalue weighted by atomic mass is 9.97. The topological polar surface area (TPSA) is 58.2 Å². The second-order valence-electron chi connectivity index (χ2n) is 7.26. The van der Waals surface area contributed by atoms with E-state index in [-0.39, 0.29) is 23.6 Å². The van der Waals surface area contributed by atoms with E-state index in [0.29, 0.717) is 6.07 Å². The average molecular weight is 444 g/mol. The van der Waals surface area contributed by atoms with Gasteiger partial charge in [0, 0.05) is 12.1 Å². The van der Waals surface area contributed by atoms with Crippen LogP contribution in [0.2, 0.25) is 0 Å². The van der Waals surface area contributed by atoms with Crippen molar-refractivity contribution in [3.63, 3.8) is 0 Å². The van der Waals surface area contributed by atoms with Crippen LogP contribution in [0.5, 0.6) is 0 Å². The van der Waals surface area contributed by atoms with Crippen LogP contribution in [0, 0.1) is 5.82 Å². The number of carbonyl (C=O) groups is 2. The molecule has 3 aromatic carbocycles. The fourth-order valence-corrected chi connectivity index (χ4v) is 3.19. The van der Waals surface area contributed by atoms with Crippen LogP contribution in [-0.2, 0) is 11.0 Å². The Morgan fingerprint density at radius 3 is 2.22 bits per heavy atom. The van der Waals surface area contributed by atoms with Crippen LogP contribution in [0.25, 0.3) is 0 Å². The van der Waals surface area contributed by atoms with E-state index in [2.05, 4.69) is 10.6 Å². The first kappa shape index (κ1) is 23.0. The van der Waals surface area contributed by atoms with Crippen LogP contribution in [0.3, 0.4) is 0 Å². The van der Waals surface area contributed by atoms with E-state index in [1.165, 1.54) is 24.3 Å². The summed E-state index contributed by atoms with van der Waals surface area (Å²) in [6.07, 6.45) is -4.79. The summed E-state index contributed by atoms with van der Waals surface area (Å²) in [7, 11) is 0. The maximum Gasteiger partial charge on any atom is 0.418 e. The number of benzene rings is 3. The van der Waals surface area contributed by atoms with E-state index in [0.717, 1.165) is 17.7 Å². The number of anilines is 2. The van der Waals surface area contributed by atoms with E-state index < -0.39 is 35.1 Å². The largest absolute Gasteiger partial charge is 0.418 e. The highest BCUT2D eigenvalue weighted by atomic mass is 19.4. The molecule has 2 amide bonds. The molecule has 0 saturated carbocycles. The van der Waals surface area contributed by atoms with Crippen molar-refractivity contribution >= 4 is 23.2 Å². The Labute approximate surface area is 182 Å². The highest BCUT2D eigenvalue weighted by molar-refractivity contribution is 6.04. The van der Waals surface area contributed by atoms with Crippen molar-refractivity contribution in [3.8, 4) is 0 Å². The van der Waals surface area contributed by atoms with Gasteiger partial charge in [0.1, 0.15) is 5.82 Å². The fraction of sp³-hybridized carbons (Fsp3) is 0.167. The van der Waals surface area contributed by atoms with Gasteiger partial charge >= 0.3 is 6.18 Å². The highest BCUT2D eigenvalue weighted by Crippen LogP contribution is 2.37. The monoisotopic (exact) mass is 444 g/mol. The van der Waals surface area contributed by atoms with Gasteiger partial charge in [-0.1, -0.05) is 49.4 Å². The summed E-state index contributed by atoms with van der Waals surface area (Å²) >= 11 is 0. The molecule has 1 unspecified atom stereocenters. The van der Waals surface area contributed by atoms with Gasteiger partial charge in [0.25, 0.3) is 5.91 Å². The first-order chi connectivity index (χ1) is 15.1. The van der Waals surface area contributed by atoms with E-state index in [1.807, 2.05) is 30.3 Å². The summed E-state index contributed by atoms with van der Waals surface area (Å²) in [5.74, 6) is -2.44. The van der Waals surface area contributed by atoms with Gasteiger partial charge in [-0.3, -0.25) is 9.59 Å². The number of amides is 2. The molecule has 32 heavy (non-hydrogen) atoms. The Morgan fingerprint density at radius 1 is 0.906 bits per heavy atom. The predicted octanol–water partition coefficient (Wildman–Crippen LogP) is 6.23. The number of carbonyl (C=O) groups excluding carboxylic acids is 2. The van der Waals surface area contributed by atoms with E-state index >= 15 is 0 Å². The summed E-state index contributed by atoms with van der Waals surface area (Å²) < 4.78 is 54.6. The van der Waals surface area contributed by atoms with Crippen molar-refractivity contribution in [1.29, 1.82) is 0 Å². The normalized spacial score (nSPS) is 12.2. The van der Waals surface area contributed by atoms with Crippen molar-refractivity contribution in [3.05, 3.63) is 95.3 Å². The lowest BCUT2D eigenvalue weighted by Crippen LogP contribution is -2.19. The molecule has 0 aromatic heterocycles. The molecule has 3 rings (SSSR count). The van der Waals surface area contributed by atoms with Gasteiger partial charge in [-0.2, -0.15) is 13.2 Å². The molecule has 4 nitrogen and oxygen atoms in total. The Bertz CT molecular complexity index is 1110. The molecule has 166 valence electrons. The molecule has 0 saturated heterocycles. The van der Waals surface area contributed by atoms with Gasteiger partial charge in [0.15, 0.2) is 0 Å². The Morgan fingerprint density at radius 2 is 1.56 bits per heavy atom. The van der Waals surface area contributed by atoms with Crippen molar-refractivity contribution in [1.82, 2.24) is 0 Å². The van der Waals surface area contributed by atoms with E-state index in [9.17, 15) is 27.2 Å². The Balaban J connectivity index is 1.77. The third kappa shape index (κ3) is 5.72. The smallest absolute Gasteiger partial charge is 0.325 e. The lowest BCUT2D eigenvalue weighted by molar-refractivity contribution is -0.136. The van der Waals surface area contributed by atoms with Crippen LogP contribution < -0.4 is 10.6 Å². The van der Waals surface area contributed by atoms with E-state index in [1.54, 1.807) is 6.92 Å². The lowest BCUT2D eigenvalue weighted by Gasteiger charge is -2.17. The minimum absolute atomic E-state index is 0.00686. The second kappa shape index (κ2) is 9.64. The van der Waals surface area contributed by atoms with Crippen molar-refractivity contribution < 1.29 is 27.2 Å². The Kier molecular flexibility index (Phi) is 6.92. The molecule has 0 aliphatic heterocycles. The zero-order chi connectivity index (χ0) is 23.3. The van der Waals surface area contributed by atoms with Crippen LogP contribution in [0.4, 0.5) is 28.9 Å². The molecule has 0 aliphatic carbocycles. The minimum atomic E-state index is -4.79. The van der Waals surface area contributed by atoms with Crippen molar-refractivity contribution in [2.75, 3.05) is 10.6 Å². The number of rotatable bonds is 6. The van der Waals surface area contributed by atoms with Gasteiger partial charge in [-0.15, -0.1) is 0 Å². The summed E-state index contributed by atoms with van der Waals surface area (Å²) in [4.78, 5) is 24.6. The molecule has 0 aliphatic rings. The third-order valence-corrected chi connectivity index (χ3v) is 4.84. The molecule has 0 radical (unpaired) electrons. The van der Waals surface area contributed by atoms with Crippen LogP contribution in [0.15, 0.2) is 72.8 Å². The summed E-state index contributed by atoms with van der Waals surface area (Å²) in [6, 6.07) is 17.3. The number of hydrogen-bond acceptors (Lipinski definition) is 2. The van der Waals surface area contributed by atoms with Gasteiger partial charge in [0.05, 0.1) is 16.8 Å². The van der Waals surface area contributed by atoms with Gasteiger partial charge in [0.2, 0.25) is 5.91 Å². The summed E-state index contributed by atoms with van der Waals surface area (Å²) in [5.41, 5.74) is -1.13. The number of halogens is 4. The molecule has 0 bridgehead atoms. The van der Waals surface area contributed by atoms with E-state index in [4.69, 9.17) is 0 Å².